The molecule has 1 aliphatic heterocycles. The van der Waals surface area contributed by atoms with Crippen molar-refractivity contribution >= 4 is 26.3 Å². The van der Waals surface area contributed by atoms with Crippen molar-refractivity contribution in [2.75, 3.05) is 20.3 Å². The van der Waals surface area contributed by atoms with Gasteiger partial charge in [0, 0.05) is 31.0 Å². The topological polar surface area (TPSA) is 102 Å². The average molecular weight is 466 g/mol. The highest BCUT2D eigenvalue weighted by molar-refractivity contribution is 7.89. The lowest BCUT2D eigenvalue weighted by Crippen LogP contribution is -2.38. The predicted octanol–water partition coefficient (Wildman–Crippen LogP) is 3.06. The minimum Gasteiger partial charge on any atom is -0.495 e. The Morgan fingerprint density at radius 1 is 1.32 bits per heavy atom. The molecule has 0 atom stereocenters. The van der Waals surface area contributed by atoms with Gasteiger partial charge in [-0.2, -0.15) is 0 Å². The minimum absolute atomic E-state index is 0.0892. The zero-order chi connectivity index (χ0) is 22.4. The number of ether oxygens (including phenoxy) is 2. The van der Waals surface area contributed by atoms with Crippen LogP contribution in [0.2, 0.25) is 0 Å². The van der Waals surface area contributed by atoms with E-state index in [0.29, 0.717) is 31.6 Å². The molecule has 0 radical (unpaired) electrons. The number of sulfonamides is 1. The Balaban J connectivity index is 1.79. The van der Waals surface area contributed by atoms with E-state index in [2.05, 4.69) is 9.71 Å². The first-order chi connectivity index (χ1) is 14.6. The first-order valence-corrected chi connectivity index (χ1v) is 12.4. The monoisotopic (exact) mass is 465 g/mol. The molecule has 2 N–H and O–H groups in total. The van der Waals surface area contributed by atoms with Gasteiger partial charge in [-0.25, -0.2) is 18.1 Å². The molecule has 4 rings (SSSR count). The van der Waals surface area contributed by atoms with E-state index in [-0.39, 0.29) is 16.7 Å². The first kappa shape index (κ1) is 22.2. The Hall–Kier alpha value is -1.98. The molecule has 1 saturated heterocycles. The molecule has 0 bridgehead atoms. The van der Waals surface area contributed by atoms with Gasteiger partial charge >= 0.3 is 0 Å². The van der Waals surface area contributed by atoms with E-state index in [9.17, 15) is 13.5 Å². The lowest BCUT2D eigenvalue weighted by atomic mass is 10.1. The number of benzene rings is 1. The van der Waals surface area contributed by atoms with Gasteiger partial charge in [0.05, 0.1) is 29.0 Å². The van der Waals surface area contributed by atoms with E-state index in [0.717, 1.165) is 21.2 Å². The van der Waals surface area contributed by atoms with Crippen LogP contribution in [0.3, 0.4) is 0 Å². The number of hydrogen-bond donors (Lipinski definition) is 2. The second-order valence-electron chi connectivity index (χ2n) is 8.23. The number of nitrogens with one attached hydrogen (secondary N) is 1. The zero-order valence-electron chi connectivity index (χ0n) is 18.0. The quantitative estimate of drug-likeness (QED) is 0.580. The van der Waals surface area contributed by atoms with Crippen LogP contribution >= 0.6 is 11.3 Å². The largest absolute Gasteiger partial charge is 0.495 e. The van der Waals surface area contributed by atoms with Crippen LogP contribution in [0.5, 0.6) is 5.75 Å². The van der Waals surface area contributed by atoms with E-state index < -0.39 is 15.6 Å². The van der Waals surface area contributed by atoms with E-state index in [1.807, 2.05) is 23.6 Å². The van der Waals surface area contributed by atoms with Crippen LogP contribution in [-0.4, -0.2) is 49.3 Å². The molecule has 0 unspecified atom stereocenters. The van der Waals surface area contributed by atoms with E-state index in [1.165, 1.54) is 18.4 Å². The molecule has 168 valence electrons. The van der Waals surface area contributed by atoms with Gasteiger partial charge in [0.1, 0.15) is 10.6 Å². The molecule has 1 aliphatic rings. The van der Waals surface area contributed by atoms with Crippen LogP contribution in [0.4, 0.5) is 0 Å². The summed E-state index contributed by atoms with van der Waals surface area (Å²) >= 11 is 1.41. The first-order valence-electron chi connectivity index (χ1n) is 10.1. The van der Waals surface area contributed by atoms with Crippen LogP contribution < -0.4 is 9.46 Å². The van der Waals surface area contributed by atoms with Crippen molar-refractivity contribution in [3.63, 3.8) is 0 Å². The van der Waals surface area contributed by atoms with Crippen molar-refractivity contribution in [3.05, 3.63) is 35.0 Å². The molecule has 2 aromatic heterocycles. The second-order valence-corrected chi connectivity index (χ2v) is 10.9. The summed E-state index contributed by atoms with van der Waals surface area (Å²) in [5, 5.41) is 10.4. The number of aromatic nitrogens is 2. The minimum atomic E-state index is -3.80. The highest BCUT2D eigenvalue weighted by Crippen LogP contribution is 2.36. The Kier molecular flexibility index (Phi) is 5.86. The van der Waals surface area contributed by atoms with Gasteiger partial charge in [-0.15, -0.1) is 0 Å². The molecule has 8 nitrogen and oxygen atoms in total. The van der Waals surface area contributed by atoms with Crippen LogP contribution in [-0.2, 0) is 20.4 Å². The number of aliphatic hydroxyl groups is 1. The molecular formula is C21H27N3O5S2. The van der Waals surface area contributed by atoms with Crippen molar-refractivity contribution in [2.24, 2.45) is 0 Å². The number of methoxy groups -OCH3 is 1. The zero-order valence-corrected chi connectivity index (χ0v) is 19.6. The highest BCUT2D eigenvalue weighted by Gasteiger charge is 2.27. The van der Waals surface area contributed by atoms with Gasteiger partial charge in [0.15, 0.2) is 4.96 Å². The van der Waals surface area contributed by atoms with Crippen LogP contribution in [0.15, 0.2) is 29.3 Å². The fourth-order valence-corrected chi connectivity index (χ4v) is 6.25. The third-order valence-corrected chi connectivity index (χ3v) is 8.21. The fourth-order valence-electron chi connectivity index (χ4n) is 3.72. The van der Waals surface area contributed by atoms with Crippen molar-refractivity contribution in [3.8, 4) is 17.0 Å². The summed E-state index contributed by atoms with van der Waals surface area (Å²) in [5.74, 6) is 0.282. The van der Waals surface area contributed by atoms with Gasteiger partial charge in [0.2, 0.25) is 10.0 Å². The molecule has 0 amide bonds. The SMILES string of the molecule is COc1ccc(-c2c(C)nc3sc(C(C)(C)O)cn23)cc1S(=O)(=O)NC1CCOCC1. The van der Waals surface area contributed by atoms with Crippen molar-refractivity contribution < 1.29 is 23.0 Å². The Morgan fingerprint density at radius 2 is 2.03 bits per heavy atom. The third-order valence-electron chi connectivity index (χ3n) is 5.37. The van der Waals surface area contributed by atoms with Gasteiger partial charge in [-0.05, 0) is 51.8 Å². The molecule has 31 heavy (non-hydrogen) atoms. The summed E-state index contributed by atoms with van der Waals surface area (Å²) in [6, 6.07) is 4.94. The number of fused-ring (bicyclic) bond motifs is 1. The van der Waals surface area contributed by atoms with Crippen LogP contribution in [0, 0.1) is 6.92 Å². The van der Waals surface area contributed by atoms with Crippen LogP contribution in [0.1, 0.15) is 37.3 Å². The lowest BCUT2D eigenvalue weighted by Gasteiger charge is -2.23. The van der Waals surface area contributed by atoms with Crippen molar-refractivity contribution in [1.82, 2.24) is 14.1 Å². The number of nitrogens with zero attached hydrogens (tertiary/aromatic N) is 2. The van der Waals surface area contributed by atoms with E-state index in [1.54, 1.807) is 26.0 Å². The van der Waals surface area contributed by atoms with Crippen molar-refractivity contribution in [2.45, 2.75) is 50.2 Å². The molecule has 3 aromatic rings. The summed E-state index contributed by atoms with van der Waals surface area (Å²) in [4.78, 5) is 6.22. The Morgan fingerprint density at radius 3 is 2.68 bits per heavy atom. The molecule has 0 aliphatic carbocycles. The third kappa shape index (κ3) is 4.35. The Bertz CT molecular complexity index is 1200. The smallest absolute Gasteiger partial charge is 0.244 e. The van der Waals surface area contributed by atoms with Gasteiger partial charge < -0.3 is 14.6 Å². The maximum Gasteiger partial charge on any atom is 0.244 e. The van der Waals surface area contributed by atoms with Gasteiger partial charge in [0.25, 0.3) is 0 Å². The highest BCUT2D eigenvalue weighted by atomic mass is 32.2. The number of imidazole rings is 1. The standard InChI is InChI=1S/C21H27N3O5S2/c1-13-19(24-12-18(21(2,3)25)30-20(24)22-13)14-5-6-16(28-4)17(11-14)31(26,27)23-15-7-9-29-10-8-15/h5-6,11-12,15,23,25H,7-10H2,1-4H3. The molecule has 0 saturated carbocycles. The second kappa shape index (κ2) is 8.18. The summed E-state index contributed by atoms with van der Waals surface area (Å²) in [7, 11) is -2.34. The number of thiazole rings is 1. The van der Waals surface area contributed by atoms with Crippen molar-refractivity contribution in [1.29, 1.82) is 0 Å². The summed E-state index contributed by atoms with van der Waals surface area (Å²) in [6.07, 6.45) is 3.13. The Labute approximate surface area is 185 Å². The molecule has 1 fully saturated rings. The maximum atomic E-state index is 13.2. The number of aryl methyl sites for hydroxylation is 1. The van der Waals surface area contributed by atoms with Gasteiger partial charge in [-0.3, -0.25) is 4.40 Å². The normalized spacial score (nSPS) is 16.2. The molecule has 10 heteroatoms. The predicted molar refractivity (Wildman–Crippen MR) is 119 cm³/mol. The van der Waals surface area contributed by atoms with E-state index in [4.69, 9.17) is 9.47 Å². The molecule has 0 spiro atoms. The van der Waals surface area contributed by atoms with E-state index >= 15 is 0 Å². The van der Waals surface area contributed by atoms with Gasteiger partial charge in [-0.1, -0.05) is 11.3 Å². The lowest BCUT2D eigenvalue weighted by molar-refractivity contribution is 0.0821. The molecule has 1 aromatic carbocycles. The maximum absolute atomic E-state index is 13.2. The van der Waals surface area contributed by atoms with Crippen LogP contribution in [0.25, 0.3) is 16.2 Å². The number of hydrogen-bond acceptors (Lipinski definition) is 7. The fraction of sp³-hybridized carbons (Fsp3) is 0.476. The average Bonchev–Trinajstić information content (AvgIpc) is 3.25. The summed E-state index contributed by atoms with van der Waals surface area (Å²) in [6.45, 7) is 6.42. The molecular weight excluding hydrogens is 438 g/mol. The number of rotatable bonds is 6. The summed E-state index contributed by atoms with van der Waals surface area (Å²) < 4.78 is 41.8. The summed E-state index contributed by atoms with van der Waals surface area (Å²) in [5.41, 5.74) is 1.28. The molecule has 3 heterocycles.